The summed E-state index contributed by atoms with van der Waals surface area (Å²) in [6.07, 6.45) is 5.21. The second-order valence-electron chi connectivity index (χ2n) is 5.92. The summed E-state index contributed by atoms with van der Waals surface area (Å²) in [5, 5.41) is 7.73. The molecular weight excluding hydrogens is 264 g/mol. The molecule has 2 aromatic rings. The van der Waals surface area contributed by atoms with Gasteiger partial charge in [0.2, 0.25) is 5.91 Å². The summed E-state index contributed by atoms with van der Waals surface area (Å²) >= 11 is 0. The Labute approximate surface area is 123 Å². The van der Waals surface area contributed by atoms with E-state index in [1.54, 1.807) is 12.4 Å². The predicted octanol–water partition coefficient (Wildman–Crippen LogP) is 1.98. The molecule has 1 aliphatic heterocycles. The minimum Gasteiger partial charge on any atom is -0.342 e. The third kappa shape index (κ3) is 1.87. The van der Waals surface area contributed by atoms with E-state index >= 15 is 0 Å². The van der Waals surface area contributed by atoms with Crippen molar-refractivity contribution in [1.82, 2.24) is 20.1 Å². The van der Waals surface area contributed by atoms with Crippen molar-refractivity contribution in [1.29, 1.82) is 0 Å². The molecule has 0 bridgehead atoms. The Morgan fingerprint density at radius 1 is 1.38 bits per heavy atom. The minimum absolute atomic E-state index is 0.264. The zero-order valence-electron chi connectivity index (χ0n) is 12.0. The number of nitrogens with zero attached hydrogens (tertiary/aromatic N) is 3. The van der Waals surface area contributed by atoms with Crippen molar-refractivity contribution in [2.75, 3.05) is 13.1 Å². The lowest BCUT2D eigenvalue weighted by Crippen LogP contribution is -2.28. The summed E-state index contributed by atoms with van der Waals surface area (Å²) < 4.78 is 0. The Bertz CT molecular complexity index is 679. The van der Waals surface area contributed by atoms with Gasteiger partial charge in [-0.15, -0.1) is 0 Å². The smallest absolute Gasteiger partial charge is 0.222 e. The van der Waals surface area contributed by atoms with Gasteiger partial charge in [-0.2, -0.15) is 5.10 Å². The highest BCUT2D eigenvalue weighted by Gasteiger charge is 2.43. The van der Waals surface area contributed by atoms with Crippen LogP contribution in [0.25, 0.3) is 11.3 Å². The zero-order chi connectivity index (χ0) is 14.4. The van der Waals surface area contributed by atoms with Gasteiger partial charge in [0, 0.05) is 54.6 Å². The van der Waals surface area contributed by atoms with E-state index in [0.717, 1.165) is 30.8 Å². The van der Waals surface area contributed by atoms with Gasteiger partial charge >= 0.3 is 0 Å². The van der Waals surface area contributed by atoms with Crippen LogP contribution >= 0.6 is 0 Å². The van der Waals surface area contributed by atoms with Gasteiger partial charge in [0.15, 0.2) is 0 Å². The van der Waals surface area contributed by atoms with E-state index in [1.807, 2.05) is 24.0 Å². The van der Waals surface area contributed by atoms with E-state index in [-0.39, 0.29) is 5.91 Å². The fourth-order valence-corrected chi connectivity index (χ4v) is 3.74. The number of likely N-dealkylation sites (tertiary alicyclic amines) is 1. The highest BCUT2D eigenvalue weighted by molar-refractivity contribution is 5.76. The Morgan fingerprint density at radius 2 is 2.19 bits per heavy atom. The van der Waals surface area contributed by atoms with Crippen LogP contribution in [0.4, 0.5) is 0 Å². The van der Waals surface area contributed by atoms with Crippen LogP contribution < -0.4 is 0 Å². The number of hydrogen-bond donors (Lipinski definition) is 1. The highest BCUT2D eigenvalue weighted by atomic mass is 16.2. The van der Waals surface area contributed by atoms with Crippen LogP contribution in [0.5, 0.6) is 0 Å². The Morgan fingerprint density at radius 3 is 2.95 bits per heavy atom. The first-order chi connectivity index (χ1) is 10.3. The molecule has 0 unspecified atom stereocenters. The monoisotopic (exact) mass is 282 g/mol. The van der Waals surface area contributed by atoms with E-state index in [2.05, 4.69) is 15.2 Å². The first-order valence-corrected chi connectivity index (χ1v) is 7.53. The number of aromatic nitrogens is 3. The molecule has 0 spiro atoms. The fraction of sp³-hybridized carbons (Fsp3) is 0.438. The molecule has 1 amide bonds. The molecule has 2 aliphatic rings. The molecule has 1 N–H and O–H groups in total. The van der Waals surface area contributed by atoms with Gasteiger partial charge in [-0.3, -0.25) is 14.9 Å². The second kappa shape index (κ2) is 4.69. The lowest BCUT2D eigenvalue weighted by atomic mass is 9.99. The van der Waals surface area contributed by atoms with Crippen LogP contribution in [0.15, 0.2) is 24.5 Å². The summed E-state index contributed by atoms with van der Waals surface area (Å²) in [7, 11) is 0. The lowest BCUT2D eigenvalue weighted by molar-refractivity contribution is -0.129. The van der Waals surface area contributed by atoms with Crippen molar-refractivity contribution in [3.63, 3.8) is 0 Å². The van der Waals surface area contributed by atoms with Crippen molar-refractivity contribution in [2.24, 2.45) is 5.92 Å². The third-order valence-corrected chi connectivity index (χ3v) is 4.79. The molecule has 1 saturated heterocycles. The molecule has 0 aromatic carbocycles. The summed E-state index contributed by atoms with van der Waals surface area (Å²) in [5.74, 6) is 1.24. The van der Waals surface area contributed by atoms with Crippen molar-refractivity contribution in [3.8, 4) is 11.3 Å². The van der Waals surface area contributed by atoms with E-state index < -0.39 is 0 Å². The molecule has 2 atom stereocenters. The Balaban J connectivity index is 1.64. The molecule has 5 nitrogen and oxygen atoms in total. The quantitative estimate of drug-likeness (QED) is 0.916. The Hall–Kier alpha value is -2.17. The fourth-order valence-electron chi connectivity index (χ4n) is 3.74. The Kier molecular flexibility index (Phi) is 2.80. The molecule has 108 valence electrons. The molecule has 3 heterocycles. The molecule has 2 aromatic heterocycles. The molecule has 0 radical (unpaired) electrons. The lowest BCUT2D eigenvalue weighted by Gasteiger charge is -2.16. The van der Waals surface area contributed by atoms with Crippen LogP contribution in [0.2, 0.25) is 0 Å². The second-order valence-corrected chi connectivity index (χ2v) is 5.92. The number of aromatic amines is 1. The molecule has 5 heteroatoms. The van der Waals surface area contributed by atoms with E-state index in [1.165, 1.54) is 11.3 Å². The van der Waals surface area contributed by atoms with Crippen LogP contribution in [-0.4, -0.2) is 39.1 Å². The first-order valence-electron chi connectivity index (χ1n) is 7.53. The highest BCUT2D eigenvalue weighted by Crippen LogP contribution is 2.45. The first kappa shape index (κ1) is 12.6. The van der Waals surface area contributed by atoms with Crippen molar-refractivity contribution in [3.05, 3.63) is 35.8 Å². The number of H-pyrrole nitrogens is 1. The minimum atomic E-state index is 0.264. The summed E-state index contributed by atoms with van der Waals surface area (Å²) in [6, 6.07) is 3.99. The van der Waals surface area contributed by atoms with Gasteiger partial charge in [0.1, 0.15) is 0 Å². The number of amides is 1. The molecule has 21 heavy (non-hydrogen) atoms. The largest absolute Gasteiger partial charge is 0.342 e. The SMILES string of the molecule is CCC(=O)N1C[C@H]2Cc3c(-c4ccncc4)n[nH]c3[C@H]2C1. The summed E-state index contributed by atoms with van der Waals surface area (Å²) in [5.41, 5.74) is 4.73. The average molecular weight is 282 g/mol. The van der Waals surface area contributed by atoms with E-state index in [0.29, 0.717) is 18.3 Å². The van der Waals surface area contributed by atoms with Crippen molar-refractivity contribution < 1.29 is 4.79 Å². The van der Waals surface area contributed by atoms with Gasteiger partial charge in [-0.1, -0.05) is 6.92 Å². The zero-order valence-corrected chi connectivity index (χ0v) is 12.0. The number of pyridine rings is 1. The summed E-state index contributed by atoms with van der Waals surface area (Å²) in [4.78, 5) is 17.9. The average Bonchev–Trinajstić information content (AvgIpc) is 3.17. The topological polar surface area (TPSA) is 61.9 Å². The van der Waals surface area contributed by atoms with Crippen LogP contribution in [0.1, 0.15) is 30.5 Å². The third-order valence-electron chi connectivity index (χ3n) is 4.79. The standard InChI is InChI=1S/C16H18N4O/c1-2-14(21)20-8-11-7-12-15(10-3-5-17-6-4-10)18-19-16(12)13(11)9-20/h3-6,11,13H,2,7-9H2,1H3,(H,18,19)/t11-,13+/m1/s1. The molecule has 1 aliphatic carbocycles. The van der Waals surface area contributed by atoms with E-state index in [4.69, 9.17) is 0 Å². The number of nitrogens with one attached hydrogen (secondary N) is 1. The van der Waals surface area contributed by atoms with Gasteiger partial charge in [-0.25, -0.2) is 0 Å². The number of carbonyl (C=O) groups excluding carboxylic acids is 1. The number of hydrogen-bond acceptors (Lipinski definition) is 3. The van der Waals surface area contributed by atoms with Gasteiger partial charge in [0.25, 0.3) is 0 Å². The summed E-state index contributed by atoms with van der Waals surface area (Å²) in [6.45, 7) is 3.65. The van der Waals surface area contributed by atoms with Gasteiger partial charge < -0.3 is 4.90 Å². The maximum absolute atomic E-state index is 11.9. The van der Waals surface area contributed by atoms with Crippen LogP contribution in [0.3, 0.4) is 0 Å². The molecule has 0 saturated carbocycles. The normalized spacial score (nSPS) is 23.2. The van der Waals surface area contributed by atoms with Gasteiger partial charge in [-0.05, 0) is 24.5 Å². The van der Waals surface area contributed by atoms with Crippen molar-refractivity contribution in [2.45, 2.75) is 25.7 Å². The van der Waals surface area contributed by atoms with E-state index in [9.17, 15) is 4.79 Å². The maximum atomic E-state index is 11.9. The molecule has 4 rings (SSSR count). The van der Waals surface area contributed by atoms with Crippen molar-refractivity contribution >= 4 is 5.91 Å². The molecule has 1 fully saturated rings. The maximum Gasteiger partial charge on any atom is 0.222 e. The number of fused-ring (bicyclic) bond motifs is 3. The predicted molar refractivity (Wildman–Crippen MR) is 78.6 cm³/mol. The van der Waals surface area contributed by atoms with Gasteiger partial charge in [0.05, 0.1) is 5.69 Å². The molecular formula is C16H18N4O. The number of carbonyl (C=O) groups is 1. The number of rotatable bonds is 2. The van der Waals surface area contributed by atoms with Crippen LogP contribution in [0, 0.1) is 5.92 Å². The van der Waals surface area contributed by atoms with Crippen LogP contribution in [-0.2, 0) is 11.2 Å².